The molecule has 0 spiro atoms. The average molecular weight is 355 g/mol. The molecule has 0 bridgehead atoms. The number of ether oxygens (including phenoxy) is 2. The molecule has 3 N–H and O–H groups in total. The molecule has 0 fully saturated rings. The second-order valence-corrected chi connectivity index (χ2v) is 6.83. The van der Waals surface area contributed by atoms with Gasteiger partial charge in [0.25, 0.3) is 0 Å². The van der Waals surface area contributed by atoms with E-state index < -0.39 is 15.3 Å². The molecule has 0 radical (unpaired) electrons. The molecular formula is C14H34N2O6Si. The fraction of sp³-hybridized carbons (Fsp3) is 1.00. The lowest BCUT2D eigenvalue weighted by atomic mass is 10.3. The summed E-state index contributed by atoms with van der Waals surface area (Å²) in [6.45, 7) is 7.77. The topological polar surface area (TPSA) is 93.4 Å². The minimum Gasteiger partial charge on any atom is -0.354 e. The normalized spacial score (nSPS) is 12.3. The Morgan fingerprint density at radius 2 is 1.57 bits per heavy atom. The Morgan fingerprint density at radius 3 is 2.09 bits per heavy atom. The van der Waals surface area contributed by atoms with E-state index in [1.54, 1.807) is 14.2 Å². The summed E-state index contributed by atoms with van der Waals surface area (Å²) in [5, 5.41) is 3.24. The summed E-state index contributed by atoms with van der Waals surface area (Å²) in [6.07, 6.45) is 1.39. The van der Waals surface area contributed by atoms with Crippen LogP contribution in [0.1, 0.15) is 26.7 Å². The first kappa shape index (κ1) is 22.9. The molecule has 0 saturated heterocycles. The van der Waals surface area contributed by atoms with E-state index in [1.165, 1.54) is 0 Å². The maximum absolute atomic E-state index is 5.87. The van der Waals surface area contributed by atoms with Crippen molar-refractivity contribution in [2.75, 3.05) is 60.3 Å². The fourth-order valence-corrected chi connectivity index (χ4v) is 3.72. The van der Waals surface area contributed by atoms with Gasteiger partial charge in [0.05, 0.1) is 6.61 Å². The summed E-state index contributed by atoms with van der Waals surface area (Å²) >= 11 is 0. The van der Waals surface area contributed by atoms with Crippen LogP contribution in [0.15, 0.2) is 0 Å². The molecule has 0 aliphatic carbocycles. The van der Waals surface area contributed by atoms with Gasteiger partial charge in [-0.3, -0.25) is 0 Å². The highest BCUT2D eigenvalue weighted by atomic mass is 28.4. The van der Waals surface area contributed by atoms with Gasteiger partial charge in [0.2, 0.25) is 0 Å². The number of hydrogen-bond acceptors (Lipinski definition) is 8. The molecule has 23 heavy (non-hydrogen) atoms. The second kappa shape index (κ2) is 15.4. The third-order valence-electron chi connectivity index (χ3n) is 2.91. The molecule has 8 nitrogen and oxygen atoms in total. The zero-order valence-corrected chi connectivity index (χ0v) is 16.0. The van der Waals surface area contributed by atoms with E-state index in [0.717, 1.165) is 25.9 Å². The van der Waals surface area contributed by atoms with Crippen molar-refractivity contribution in [3.8, 4) is 0 Å². The van der Waals surface area contributed by atoms with Crippen molar-refractivity contribution in [1.29, 1.82) is 0 Å². The van der Waals surface area contributed by atoms with Crippen molar-refractivity contribution < 1.29 is 27.2 Å². The molecule has 0 aromatic rings. The smallest absolute Gasteiger partial charge is 0.354 e. The number of rotatable bonds is 17. The highest BCUT2D eigenvalue weighted by molar-refractivity contribution is 6.53. The van der Waals surface area contributed by atoms with Gasteiger partial charge in [0, 0.05) is 47.1 Å². The molecule has 0 saturated carbocycles. The van der Waals surface area contributed by atoms with Gasteiger partial charge in [-0.05, 0) is 33.2 Å². The van der Waals surface area contributed by atoms with Crippen molar-refractivity contribution in [1.82, 2.24) is 5.32 Å². The average Bonchev–Trinajstić information content (AvgIpc) is 2.55. The van der Waals surface area contributed by atoms with E-state index in [9.17, 15) is 0 Å². The molecule has 0 unspecified atom stereocenters. The predicted molar refractivity (Wildman–Crippen MR) is 89.9 cm³/mol. The molecule has 0 rings (SSSR count). The monoisotopic (exact) mass is 354 g/mol. The minimum absolute atomic E-state index is 0.192. The molecule has 140 valence electrons. The molecular weight excluding hydrogens is 320 g/mol. The first-order valence-corrected chi connectivity index (χ1v) is 9.83. The Balaban J connectivity index is 4.30. The van der Waals surface area contributed by atoms with Crippen LogP contribution in [0.25, 0.3) is 0 Å². The van der Waals surface area contributed by atoms with Crippen LogP contribution in [0.5, 0.6) is 0 Å². The summed E-state index contributed by atoms with van der Waals surface area (Å²) in [7, 11) is -0.0608. The van der Waals surface area contributed by atoms with Gasteiger partial charge < -0.3 is 38.2 Å². The predicted octanol–water partition coefficient (Wildman–Crippen LogP) is 0.476. The molecule has 0 atom stereocenters. The van der Waals surface area contributed by atoms with E-state index in [0.29, 0.717) is 26.4 Å². The number of nitrogens with two attached hydrogens (primary N) is 1. The lowest BCUT2D eigenvalue weighted by molar-refractivity contribution is -0.143. The second-order valence-electron chi connectivity index (χ2n) is 4.67. The summed E-state index contributed by atoms with van der Waals surface area (Å²) in [5.41, 5.74) is 5.42. The first-order valence-electron chi connectivity index (χ1n) is 8.20. The molecule has 0 aliphatic rings. The van der Waals surface area contributed by atoms with Gasteiger partial charge in [-0.1, -0.05) is 0 Å². The zero-order chi connectivity index (χ0) is 17.4. The van der Waals surface area contributed by atoms with Crippen molar-refractivity contribution in [2.24, 2.45) is 5.73 Å². The van der Waals surface area contributed by atoms with E-state index in [4.69, 9.17) is 32.9 Å². The highest BCUT2D eigenvalue weighted by Crippen LogP contribution is 2.14. The maximum atomic E-state index is 5.87. The third-order valence-corrected chi connectivity index (χ3v) is 5.27. The van der Waals surface area contributed by atoms with Crippen LogP contribution >= 0.6 is 0 Å². The molecule has 0 amide bonds. The molecule has 0 aromatic carbocycles. The Bertz CT molecular complexity index is 253. The minimum atomic E-state index is -3.17. The number of methoxy groups -OCH3 is 2. The zero-order valence-electron chi connectivity index (χ0n) is 15.0. The van der Waals surface area contributed by atoms with Gasteiger partial charge in [-0.25, -0.2) is 0 Å². The van der Waals surface area contributed by atoms with Gasteiger partial charge in [0.15, 0.2) is 6.29 Å². The standard InChI is InChI=1S/C14H34N2O6Si/c1-5-19-23(20-6-2,22-13-14(17-3)18-4)21-12-8-7-10-16-11-9-15/h14,16H,5-13,15H2,1-4H3. The van der Waals surface area contributed by atoms with Crippen molar-refractivity contribution in [2.45, 2.75) is 33.0 Å². The van der Waals surface area contributed by atoms with E-state index in [1.807, 2.05) is 13.8 Å². The number of nitrogens with one attached hydrogen (secondary N) is 1. The Labute approximate surface area is 141 Å². The van der Waals surface area contributed by atoms with Gasteiger partial charge in [-0.2, -0.15) is 0 Å². The largest absolute Gasteiger partial charge is 0.679 e. The fourth-order valence-electron chi connectivity index (χ4n) is 1.78. The maximum Gasteiger partial charge on any atom is 0.679 e. The summed E-state index contributed by atoms with van der Waals surface area (Å²) in [6, 6.07) is 0. The lowest BCUT2D eigenvalue weighted by Crippen LogP contribution is -2.51. The molecule has 9 heteroatoms. The lowest BCUT2D eigenvalue weighted by Gasteiger charge is -2.28. The molecule has 0 aliphatic heterocycles. The number of hydrogen-bond donors (Lipinski definition) is 2. The highest BCUT2D eigenvalue weighted by Gasteiger charge is 2.45. The van der Waals surface area contributed by atoms with Gasteiger partial charge >= 0.3 is 9.05 Å². The van der Waals surface area contributed by atoms with Crippen LogP contribution in [-0.4, -0.2) is 75.6 Å². The molecule has 0 heterocycles. The van der Waals surface area contributed by atoms with Crippen LogP contribution in [0.3, 0.4) is 0 Å². The Hall–Kier alpha value is -0.103. The Kier molecular flexibility index (Phi) is 15.4. The summed E-state index contributed by atoms with van der Waals surface area (Å²) in [5.74, 6) is 0. The van der Waals surface area contributed by atoms with Crippen LogP contribution < -0.4 is 11.1 Å². The van der Waals surface area contributed by atoms with Crippen LogP contribution in [0.2, 0.25) is 0 Å². The third kappa shape index (κ3) is 11.1. The van der Waals surface area contributed by atoms with Gasteiger partial charge in [-0.15, -0.1) is 0 Å². The number of unbranched alkanes of at least 4 members (excludes halogenated alkanes) is 1. The van der Waals surface area contributed by atoms with E-state index in [-0.39, 0.29) is 6.61 Å². The van der Waals surface area contributed by atoms with Crippen molar-refractivity contribution >= 4 is 9.05 Å². The van der Waals surface area contributed by atoms with Crippen LogP contribution in [0, 0.1) is 0 Å². The first-order chi connectivity index (χ1) is 11.2. The van der Waals surface area contributed by atoms with Crippen LogP contribution in [0.4, 0.5) is 0 Å². The van der Waals surface area contributed by atoms with Crippen molar-refractivity contribution in [3.63, 3.8) is 0 Å². The summed E-state index contributed by atoms with van der Waals surface area (Å²) < 4.78 is 33.3. The summed E-state index contributed by atoms with van der Waals surface area (Å²) in [4.78, 5) is 0. The van der Waals surface area contributed by atoms with E-state index >= 15 is 0 Å². The van der Waals surface area contributed by atoms with Gasteiger partial charge in [0.1, 0.15) is 0 Å². The van der Waals surface area contributed by atoms with E-state index in [2.05, 4.69) is 5.32 Å². The molecule has 0 aromatic heterocycles. The quantitative estimate of drug-likeness (QED) is 0.221. The SMILES string of the molecule is CCO[Si](OCC)(OCCCCNCCN)OCC(OC)OC. The van der Waals surface area contributed by atoms with Crippen molar-refractivity contribution in [3.05, 3.63) is 0 Å². The van der Waals surface area contributed by atoms with Crippen LogP contribution in [-0.2, 0) is 27.2 Å². The Morgan fingerprint density at radius 1 is 0.913 bits per heavy atom.